The molecule has 2 atom stereocenters. The van der Waals surface area contributed by atoms with Crippen molar-refractivity contribution in [3.63, 3.8) is 0 Å². The highest BCUT2D eigenvalue weighted by molar-refractivity contribution is 5.87. The van der Waals surface area contributed by atoms with Gasteiger partial charge in [-0.15, -0.1) is 0 Å². The molecule has 2 rings (SSSR count). The molecule has 0 heterocycles. The highest BCUT2D eigenvalue weighted by Gasteiger charge is 2.48. The molecule has 1 N–H and O–H groups in total. The van der Waals surface area contributed by atoms with Crippen LogP contribution in [0.15, 0.2) is 43.0 Å². The van der Waals surface area contributed by atoms with Crippen LogP contribution < -0.4 is 5.32 Å². The van der Waals surface area contributed by atoms with Crippen LogP contribution >= 0.6 is 0 Å². The number of hydrogen-bond donors (Lipinski definition) is 1. The summed E-state index contributed by atoms with van der Waals surface area (Å²) < 4.78 is 5.99. The summed E-state index contributed by atoms with van der Waals surface area (Å²) in [6, 6.07) is 10.2. The SMILES string of the molecule is C=CC(=O)NC1CC(C)(C)C1OCc1ccccc1. The van der Waals surface area contributed by atoms with E-state index in [0.717, 1.165) is 12.0 Å². The van der Waals surface area contributed by atoms with Crippen LogP contribution in [0.4, 0.5) is 0 Å². The Labute approximate surface area is 114 Å². The Morgan fingerprint density at radius 1 is 1.47 bits per heavy atom. The van der Waals surface area contributed by atoms with Gasteiger partial charge in [0.1, 0.15) is 0 Å². The average Bonchev–Trinajstić information content (AvgIpc) is 2.38. The van der Waals surface area contributed by atoms with Gasteiger partial charge >= 0.3 is 0 Å². The van der Waals surface area contributed by atoms with Crippen molar-refractivity contribution in [1.29, 1.82) is 0 Å². The highest BCUT2D eigenvalue weighted by atomic mass is 16.5. The molecular weight excluding hydrogens is 238 g/mol. The lowest BCUT2D eigenvalue weighted by Gasteiger charge is -2.50. The van der Waals surface area contributed by atoms with Crippen LogP contribution in [-0.2, 0) is 16.1 Å². The van der Waals surface area contributed by atoms with Gasteiger partial charge in [0.25, 0.3) is 0 Å². The van der Waals surface area contributed by atoms with Gasteiger partial charge in [0.2, 0.25) is 5.91 Å². The number of rotatable bonds is 5. The van der Waals surface area contributed by atoms with Gasteiger partial charge in [-0.2, -0.15) is 0 Å². The number of nitrogens with one attached hydrogen (secondary N) is 1. The number of carbonyl (C=O) groups is 1. The molecule has 3 heteroatoms. The fourth-order valence-electron chi connectivity index (χ4n) is 2.64. The zero-order valence-corrected chi connectivity index (χ0v) is 11.6. The predicted molar refractivity (Wildman–Crippen MR) is 75.5 cm³/mol. The lowest BCUT2D eigenvalue weighted by atomic mass is 9.65. The van der Waals surface area contributed by atoms with Gasteiger partial charge in [-0.05, 0) is 23.5 Å². The zero-order chi connectivity index (χ0) is 13.9. The van der Waals surface area contributed by atoms with Crippen molar-refractivity contribution < 1.29 is 9.53 Å². The fourth-order valence-corrected chi connectivity index (χ4v) is 2.64. The smallest absolute Gasteiger partial charge is 0.243 e. The second kappa shape index (κ2) is 5.57. The minimum Gasteiger partial charge on any atom is -0.371 e. The summed E-state index contributed by atoms with van der Waals surface area (Å²) >= 11 is 0. The molecular formula is C16H21NO2. The monoisotopic (exact) mass is 259 g/mol. The second-order valence-corrected chi connectivity index (χ2v) is 5.73. The van der Waals surface area contributed by atoms with E-state index in [2.05, 4.69) is 25.7 Å². The molecule has 1 aliphatic carbocycles. The second-order valence-electron chi connectivity index (χ2n) is 5.73. The molecule has 0 aromatic heterocycles. The Morgan fingerprint density at radius 3 is 2.74 bits per heavy atom. The van der Waals surface area contributed by atoms with Crippen molar-refractivity contribution >= 4 is 5.91 Å². The van der Waals surface area contributed by atoms with E-state index in [0.29, 0.717) is 6.61 Å². The van der Waals surface area contributed by atoms with Crippen LogP contribution in [0.2, 0.25) is 0 Å². The van der Waals surface area contributed by atoms with E-state index in [1.54, 1.807) is 0 Å². The number of hydrogen-bond acceptors (Lipinski definition) is 2. The summed E-state index contributed by atoms with van der Waals surface area (Å²) in [6.45, 7) is 8.38. The lowest BCUT2D eigenvalue weighted by Crippen LogP contribution is -2.61. The molecule has 3 nitrogen and oxygen atoms in total. The quantitative estimate of drug-likeness (QED) is 0.826. The van der Waals surface area contributed by atoms with Crippen molar-refractivity contribution in [2.75, 3.05) is 0 Å². The van der Waals surface area contributed by atoms with Crippen LogP contribution in [0, 0.1) is 5.41 Å². The average molecular weight is 259 g/mol. The van der Waals surface area contributed by atoms with Gasteiger partial charge in [-0.25, -0.2) is 0 Å². The van der Waals surface area contributed by atoms with Gasteiger partial charge in [0.05, 0.1) is 18.8 Å². The Bertz CT molecular complexity index is 453. The summed E-state index contributed by atoms with van der Waals surface area (Å²) in [7, 11) is 0. The van der Waals surface area contributed by atoms with Gasteiger partial charge < -0.3 is 10.1 Å². The first-order valence-corrected chi connectivity index (χ1v) is 6.61. The molecule has 0 spiro atoms. The van der Waals surface area contributed by atoms with Crippen LogP contribution in [0.3, 0.4) is 0 Å². The molecule has 0 radical (unpaired) electrons. The Hall–Kier alpha value is -1.61. The number of benzene rings is 1. The molecule has 1 aliphatic rings. The Morgan fingerprint density at radius 2 is 2.16 bits per heavy atom. The molecule has 19 heavy (non-hydrogen) atoms. The van der Waals surface area contributed by atoms with Crippen molar-refractivity contribution in [1.82, 2.24) is 5.32 Å². The molecule has 2 unspecified atom stereocenters. The first-order chi connectivity index (χ1) is 9.03. The topological polar surface area (TPSA) is 38.3 Å². The Kier molecular flexibility index (Phi) is 4.05. The van der Waals surface area contributed by atoms with Crippen molar-refractivity contribution in [2.45, 2.75) is 39.0 Å². The van der Waals surface area contributed by atoms with Crippen LogP contribution in [-0.4, -0.2) is 18.1 Å². The first-order valence-electron chi connectivity index (χ1n) is 6.61. The molecule has 1 aromatic carbocycles. The van der Waals surface area contributed by atoms with Crippen molar-refractivity contribution in [2.24, 2.45) is 5.41 Å². The van der Waals surface area contributed by atoms with Crippen molar-refractivity contribution in [3.05, 3.63) is 48.6 Å². The standard InChI is InChI=1S/C16H21NO2/c1-4-14(18)17-13-10-16(2,3)15(13)19-11-12-8-6-5-7-9-12/h4-9,13,15H,1,10-11H2,2-3H3,(H,17,18). The summed E-state index contributed by atoms with van der Waals surface area (Å²) in [5, 5.41) is 2.93. The van der Waals surface area contributed by atoms with E-state index in [4.69, 9.17) is 4.74 Å². The number of amides is 1. The Balaban J connectivity index is 1.92. The van der Waals surface area contributed by atoms with E-state index < -0.39 is 0 Å². The molecule has 0 saturated heterocycles. The van der Waals surface area contributed by atoms with Crippen LogP contribution in [0.25, 0.3) is 0 Å². The third-order valence-corrected chi connectivity index (χ3v) is 3.67. The summed E-state index contributed by atoms with van der Waals surface area (Å²) in [5.41, 5.74) is 1.26. The fraction of sp³-hybridized carbons (Fsp3) is 0.438. The van der Waals surface area contributed by atoms with Gasteiger partial charge in [0, 0.05) is 0 Å². The van der Waals surface area contributed by atoms with Crippen LogP contribution in [0.5, 0.6) is 0 Å². The first kappa shape index (κ1) is 13.8. The predicted octanol–water partition coefficient (Wildman–Crippen LogP) is 2.67. The van der Waals surface area contributed by atoms with E-state index in [-0.39, 0.29) is 23.5 Å². The van der Waals surface area contributed by atoms with Crippen LogP contribution in [0.1, 0.15) is 25.8 Å². The minimum absolute atomic E-state index is 0.0524. The van der Waals surface area contributed by atoms with Gasteiger partial charge in [0.15, 0.2) is 0 Å². The molecule has 0 aliphatic heterocycles. The highest BCUT2D eigenvalue weighted by Crippen LogP contribution is 2.43. The van der Waals surface area contributed by atoms with Gasteiger partial charge in [-0.1, -0.05) is 50.8 Å². The minimum atomic E-state index is -0.131. The van der Waals surface area contributed by atoms with E-state index in [9.17, 15) is 4.79 Å². The summed E-state index contributed by atoms with van der Waals surface area (Å²) in [6.07, 6.45) is 2.29. The third kappa shape index (κ3) is 3.24. The molecule has 1 amide bonds. The maximum Gasteiger partial charge on any atom is 0.243 e. The molecule has 102 valence electrons. The molecule has 1 fully saturated rings. The maximum absolute atomic E-state index is 11.4. The normalized spacial score (nSPS) is 24.3. The van der Waals surface area contributed by atoms with Crippen molar-refractivity contribution in [3.8, 4) is 0 Å². The molecule has 1 saturated carbocycles. The molecule has 1 aromatic rings. The summed E-state index contributed by atoms with van der Waals surface area (Å²) in [4.78, 5) is 11.4. The number of ether oxygens (including phenoxy) is 1. The largest absolute Gasteiger partial charge is 0.371 e. The summed E-state index contributed by atoms with van der Waals surface area (Å²) in [5.74, 6) is -0.131. The number of carbonyl (C=O) groups excluding carboxylic acids is 1. The zero-order valence-electron chi connectivity index (χ0n) is 11.6. The third-order valence-electron chi connectivity index (χ3n) is 3.67. The maximum atomic E-state index is 11.4. The van der Waals surface area contributed by atoms with E-state index in [1.807, 2.05) is 30.3 Å². The molecule has 0 bridgehead atoms. The van der Waals surface area contributed by atoms with E-state index in [1.165, 1.54) is 6.08 Å². The van der Waals surface area contributed by atoms with E-state index >= 15 is 0 Å². The van der Waals surface area contributed by atoms with Gasteiger partial charge in [-0.3, -0.25) is 4.79 Å². The lowest BCUT2D eigenvalue weighted by molar-refractivity contribution is -0.139.